The van der Waals surface area contributed by atoms with Crippen LogP contribution in [-0.4, -0.2) is 72.0 Å². The first-order valence-electron chi connectivity index (χ1n) is 7.55. The molecule has 2 rings (SSSR count). The number of piperazine rings is 1. The van der Waals surface area contributed by atoms with Crippen LogP contribution in [0, 0.1) is 0 Å². The molecule has 0 bridgehead atoms. The number of rotatable bonds is 4. The molecule has 0 spiro atoms. The van der Waals surface area contributed by atoms with Crippen LogP contribution < -0.4 is 5.32 Å². The van der Waals surface area contributed by atoms with Gasteiger partial charge in [-0.15, -0.1) is 11.8 Å². The van der Waals surface area contributed by atoms with E-state index in [1.54, 1.807) is 0 Å². The molecule has 5 heteroatoms. The second-order valence-corrected chi connectivity index (χ2v) is 6.87. The fraction of sp³-hybridized carbons (Fsp3) is 0.929. The Hall–Kier alpha value is -0.260. The minimum absolute atomic E-state index is 0.339. The summed E-state index contributed by atoms with van der Waals surface area (Å²) in [6.45, 7) is 10.6. The van der Waals surface area contributed by atoms with E-state index in [1.807, 2.05) is 11.8 Å². The van der Waals surface area contributed by atoms with Crippen molar-refractivity contribution in [2.24, 2.45) is 0 Å². The Kier molecular flexibility index (Phi) is 5.98. The average molecular weight is 285 g/mol. The molecule has 4 nitrogen and oxygen atoms in total. The zero-order chi connectivity index (χ0) is 13.7. The molecule has 0 aromatic rings. The van der Waals surface area contributed by atoms with Crippen LogP contribution in [0.2, 0.25) is 0 Å². The molecule has 0 aromatic heterocycles. The predicted molar refractivity (Wildman–Crippen MR) is 81.6 cm³/mol. The molecule has 2 fully saturated rings. The van der Waals surface area contributed by atoms with Crippen LogP contribution >= 0.6 is 11.8 Å². The van der Waals surface area contributed by atoms with Crippen molar-refractivity contribution in [3.63, 3.8) is 0 Å². The third-order valence-electron chi connectivity index (χ3n) is 4.25. The molecule has 2 saturated heterocycles. The molecule has 0 radical (unpaired) electrons. The summed E-state index contributed by atoms with van der Waals surface area (Å²) in [6, 6.07) is 0.506. The zero-order valence-electron chi connectivity index (χ0n) is 12.2. The Balaban J connectivity index is 1.71. The number of carbonyl (C=O) groups is 1. The number of hydrogen-bond acceptors (Lipinski definition) is 4. The van der Waals surface area contributed by atoms with Gasteiger partial charge in [-0.2, -0.15) is 0 Å². The maximum Gasteiger partial charge on any atom is 0.232 e. The fourth-order valence-corrected chi connectivity index (χ4v) is 4.06. The number of amides is 1. The molecule has 0 saturated carbocycles. The zero-order valence-corrected chi connectivity index (χ0v) is 13.0. The molecule has 110 valence electrons. The maximum absolute atomic E-state index is 12.3. The van der Waals surface area contributed by atoms with Crippen molar-refractivity contribution in [3.05, 3.63) is 0 Å². The topological polar surface area (TPSA) is 35.6 Å². The molecule has 19 heavy (non-hydrogen) atoms. The number of likely N-dealkylation sites (N-methyl/N-ethyl adjacent to an activating group) is 1. The lowest BCUT2D eigenvalue weighted by Gasteiger charge is -2.39. The number of hydrogen-bond donors (Lipinski definition) is 1. The first kappa shape index (κ1) is 15.1. The van der Waals surface area contributed by atoms with Gasteiger partial charge in [-0.05, 0) is 39.4 Å². The van der Waals surface area contributed by atoms with E-state index in [0.29, 0.717) is 23.0 Å². The SMILES string of the molecule is CCN1CCN(C(=O)CSC2CCNCC2)CC1C. The lowest BCUT2D eigenvalue weighted by Crippen LogP contribution is -2.53. The minimum Gasteiger partial charge on any atom is -0.339 e. The third kappa shape index (κ3) is 4.36. The van der Waals surface area contributed by atoms with Crippen LogP contribution in [0.3, 0.4) is 0 Å². The summed E-state index contributed by atoms with van der Waals surface area (Å²) >= 11 is 1.86. The number of piperidine rings is 1. The Morgan fingerprint density at radius 1 is 1.32 bits per heavy atom. The van der Waals surface area contributed by atoms with Gasteiger partial charge in [0.05, 0.1) is 5.75 Å². The summed E-state index contributed by atoms with van der Waals surface area (Å²) in [5.41, 5.74) is 0. The molecule has 0 aromatic carbocycles. The molecule has 1 unspecified atom stereocenters. The van der Waals surface area contributed by atoms with Crippen LogP contribution in [0.4, 0.5) is 0 Å². The summed E-state index contributed by atoms with van der Waals surface area (Å²) < 4.78 is 0. The second kappa shape index (κ2) is 7.50. The highest BCUT2D eigenvalue weighted by atomic mass is 32.2. The van der Waals surface area contributed by atoms with Gasteiger partial charge in [-0.3, -0.25) is 9.69 Å². The van der Waals surface area contributed by atoms with Crippen molar-refractivity contribution < 1.29 is 4.79 Å². The van der Waals surface area contributed by atoms with Gasteiger partial charge in [-0.25, -0.2) is 0 Å². The second-order valence-electron chi connectivity index (χ2n) is 5.58. The number of nitrogens with zero attached hydrogens (tertiary/aromatic N) is 2. The summed E-state index contributed by atoms with van der Waals surface area (Å²) in [6.07, 6.45) is 2.41. The van der Waals surface area contributed by atoms with Crippen LogP contribution in [-0.2, 0) is 4.79 Å². The van der Waals surface area contributed by atoms with Crippen LogP contribution in [0.15, 0.2) is 0 Å². The summed E-state index contributed by atoms with van der Waals surface area (Å²) in [7, 11) is 0. The van der Waals surface area contributed by atoms with E-state index in [2.05, 4.69) is 29.0 Å². The lowest BCUT2D eigenvalue weighted by atomic mass is 10.2. The Morgan fingerprint density at radius 2 is 2.05 bits per heavy atom. The van der Waals surface area contributed by atoms with Crippen molar-refractivity contribution >= 4 is 17.7 Å². The summed E-state index contributed by atoms with van der Waals surface area (Å²) in [5, 5.41) is 4.05. The van der Waals surface area contributed by atoms with Gasteiger partial charge in [0, 0.05) is 30.9 Å². The monoisotopic (exact) mass is 285 g/mol. The fourth-order valence-electron chi connectivity index (χ4n) is 2.93. The van der Waals surface area contributed by atoms with E-state index in [1.165, 1.54) is 12.8 Å². The summed E-state index contributed by atoms with van der Waals surface area (Å²) in [5.74, 6) is 1.01. The normalized spacial score (nSPS) is 26.6. The smallest absolute Gasteiger partial charge is 0.232 e. The van der Waals surface area contributed by atoms with Gasteiger partial charge in [0.25, 0.3) is 0 Å². The highest BCUT2D eigenvalue weighted by Gasteiger charge is 2.26. The van der Waals surface area contributed by atoms with E-state index in [4.69, 9.17) is 0 Å². The highest BCUT2D eigenvalue weighted by Crippen LogP contribution is 2.21. The van der Waals surface area contributed by atoms with Gasteiger partial charge >= 0.3 is 0 Å². The molecule has 1 atom stereocenters. The van der Waals surface area contributed by atoms with Crippen molar-refractivity contribution in [1.82, 2.24) is 15.1 Å². The molecule has 1 N–H and O–H groups in total. The Morgan fingerprint density at radius 3 is 2.68 bits per heavy atom. The number of nitrogens with one attached hydrogen (secondary N) is 1. The van der Waals surface area contributed by atoms with E-state index in [-0.39, 0.29) is 0 Å². The minimum atomic E-state index is 0.339. The molecule has 2 aliphatic rings. The Labute approximate surface area is 121 Å². The first-order valence-corrected chi connectivity index (χ1v) is 8.59. The van der Waals surface area contributed by atoms with E-state index < -0.39 is 0 Å². The third-order valence-corrected chi connectivity index (χ3v) is 5.61. The molecule has 2 aliphatic heterocycles. The molecular formula is C14H27N3OS. The quantitative estimate of drug-likeness (QED) is 0.837. The average Bonchev–Trinajstić information content (AvgIpc) is 2.45. The largest absolute Gasteiger partial charge is 0.339 e. The highest BCUT2D eigenvalue weighted by molar-refractivity contribution is 8.00. The van der Waals surface area contributed by atoms with E-state index in [9.17, 15) is 4.79 Å². The number of carbonyl (C=O) groups excluding carboxylic acids is 1. The first-order chi connectivity index (χ1) is 9.20. The lowest BCUT2D eigenvalue weighted by molar-refractivity contribution is -0.131. The van der Waals surface area contributed by atoms with Crippen LogP contribution in [0.5, 0.6) is 0 Å². The van der Waals surface area contributed by atoms with E-state index in [0.717, 1.165) is 39.3 Å². The molecular weight excluding hydrogens is 258 g/mol. The predicted octanol–water partition coefficient (Wildman–Crippen LogP) is 1.02. The van der Waals surface area contributed by atoms with Gasteiger partial charge in [0.2, 0.25) is 5.91 Å². The van der Waals surface area contributed by atoms with Gasteiger partial charge in [-0.1, -0.05) is 6.92 Å². The van der Waals surface area contributed by atoms with Crippen molar-refractivity contribution in [2.45, 2.75) is 38.0 Å². The van der Waals surface area contributed by atoms with Crippen molar-refractivity contribution in [2.75, 3.05) is 45.0 Å². The van der Waals surface area contributed by atoms with Gasteiger partial charge in [0.15, 0.2) is 0 Å². The molecule has 2 heterocycles. The van der Waals surface area contributed by atoms with Gasteiger partial charge in [0.1, 0.15) is 0 Å². The molecule has 0 aliphatic carbocycles. The van der Waals surface area contributed by atoms with Crippen LogP contribution in [0.1, 0.15) is 26.7 Å². The number of thioether (sulfide) groups is 1. The van der Waals surface area contributed by atoms with Gasteiger partial charge < -0.3 is 10.2 Å². The van der Waals surface area contributed by atoms with Crippen molar-refractivity contribution in [3.8, 4) is 0 Å². The van der Waals surface area contributed by atoms with E-state index >= 15 is 0 Å². The van der Waals surface area contributed by atoms with Crippen molar-refractivity contribution in [1.29, 1.82) is 0 Å². The van der Waals surface area contributed by atoms with Crippen LogP contribution in [0.25, 0.3) is 0 Å². The summed E-state index contributed by atoms with van der Waals surface area (Å²) in [4.78, 5) is 16.8. The Bertz CT molecular complexity index is 294. The maximum atomic E-state index is 12.3. The standard InChI is InChI=1S/C14H27N3OS/c1-3-16-8-9-17(10-12(16)2)14(18)11-19-13-4-6-15-7-5-13/h12-13,15H,3-11H2,1-2H3. The molecule has 1 amide bonds.